The first-order valence-electron chi connectivity index (χ1n) is 8.60. The van der Waals surface area contributed by atoms with E-state index in [1.807, 2.05) is 4.68 Å². The number of Topliss-reactive ketones (excluding diaryl/α,β-unsaturated/α-hetero) is 1. The number of ether oxygens (including phenoxy) is 1. The average Bonchev–Trinajstić information content (AvgIpc) is 2.78. The van der Waals surface area contributed by atoms with Crippen molar-refractivity contribution in [3.63, 3.8) is 0 Å². The molecule has 5 heteroatoms. The van der Waals surface area contributed by atoms with Gasteiger partial charge in [-0.25, -0.2) is 0 Å². The lowest BCUT2D eigenvalue weighted by Gasteiger charge is -2.40. The Hall–Kier alpha value is -1.36. The van der Waals surface area contributed by atoms with Crippen LogP contribution in [-0.2, 0) is 11.0 Å². The van der Waals surface area contributed by atoms with Crippen molar-refractivity contribution in [2.24, 2.45) is 0 Å². The van der Waals surface area contributed by atoms with Gasteiger partial charge < -0.3 is 10.1 Å². The number of aromatic nitrogens is 2. The Morgan fingerprint density at radius 3 is 2.26 bits per heavy atom. The molecule has 23 heavy (non-hydrogen) atoms. The van der Waals surface area contributed by atoms with E-state index in [0.717, 1.165) is 37.4 Å². The van der Waals surface area contributed by atoms with E-state index in [1.54, 1.807) is 0 Å². The number of carbonyl (C=O) groups excluding carboxylic acids is 1. The van der Waals surface area contributed by atoms with Crippen molar-refractivity contribution in [2.75, 3.05) is 13.1 Å². The molecule has 0 radical (unpaired) electrons. The lowest BCUT2D eigenvalue weighted by atomic mass is 9.82. The molecule has 0 saturated carbocycles. The SMILES string of the molecule is CC(C)(C)c1c2c(nn1C(C)(C)C)C(=O)CC1(CCNCC1)O2. The Morgan fingerprint density at radius 1 is 1.13 bits per heavy atom. The van der Waals surface area contributed by atoms with Gasteiger partial charge in [0.25, 0.3) is 0 Å². The van der Waals surface area contributed by atoms with E-state index in [-0.39, 0.29) is 22.3 Å². The number of carbonyl (C=O) groups is 1. The standard InChI is InChI=1S/C18H29N3O2/c1-16(2,3)15-14-13(20-21(15)17(4,5)6)12(22)11-18(23-14)7-9-19-10-8-18/h19H,7-11H2,1-6H3. The second-order valence-electron chi connectivity index (χ2n) is 8.99. The van der Waals surface area contributed by atoms with Crippen molar-refractivity contribution < 1.29 is 9.53 Å². The molecule has 1 saturated heterocycles. The lowest BCUT2D eigenvalue weighted by Crippen LogP contribution is -2.49. The molecule has 0 bridgehead atoms. The number of fused-ring (bicyclic) bond motifs is 1. The van der Waals surface area contributed by atoms with E-state index in [1.165, 1.54) is 0 Å². The molecule has 3 rings (SSSR count). The summed E-state index contributed by atoms with van der Waals surface area (Å²) in [6.45, 7) is 14.6. The fourth-order valence-electron chi connectivity index (χ4n) is 3.62. The molecule has 0 aromatic carbocycles. The molecule has 1 spiro atoms. The van der Waals surface area contributed by atoms with Gasteiger partial charge >= 0.3 is 0 Å². The summed E-state index contributed by atoms with van der Waals surface area (Å²) in [6, 6.07) is 0. The van der Waals surface area contributed by atoms with E-state index in [9.17, 15) is 4.79 Å². The summed E-state index contributed by atoms with van der Waals surface area (Å²) in [5.74, 6) is 0.854. The average molecular weight is 319 g/mol. The third-order valence-electron chi connectivity index (χ3n) is 4.77. The van der Waals surface area contributed by atoms with Gasteiger partial charge in [-0.3, -0.25) is 9.48 Å². The molecular weight excluding hydrogens is 290 g/mol. The zero-order valence-electron chi connectivity index (χ0n) is 15.2. The molecule has 5 nitrogen and oxygen atoms in total. The van der Waals surface area contributed by atoms with Crippen molar-refractivity contribution >= 4 is 5.78 Å². The summed E-state index contributed by atoms with van der Waals surface area (Å²) < 4.78 is 8.52. The number of nitrogens with zero attached hydrogens (tertiary/aromatic N) is 2. The zero-order valence-corrected chi connectivity index (χ0v) is 15.2. The zero-order chi connectivity index (χ0) is 17.0. The molecule has 1 fully saturated rings. The molecular formula is C18H29N3O2. The largest absolute Gasteiger partial charge is 0.482 e. The minimum atomic E-state index is -0.346. The summed E-state index contributed by atoms with van der Waals surface area (Å²) in [7, 11) is 0. The lowest BCUT2D eigenvalue weighted by molar-refractivity contribution is 0.0171. The molecule has 3 heterocycles. The van der Waals surface area contributed by atoms with E-state index in [2.05, 4.69) is 52.0 Å². The second-order valence-corrected chi connectivity index (χ2v) is 8.99. The van der Waals surface area contributed by atoms with E-state index in [4.69, 9.17) is 4.74 Å². The number of ketones is 1. The fourth-order valence-corrected chi connectivity index (χ4v) is 3.62. The Morgan fingerprint density at radius 2 is 1.74 bits per heavy atom. The van der Waals surface area contributed by atoms with Crippen molar-refractivity contribution in [2.45, 2.75) is 77.4 Å². The summed E-state index contributed by atoms with van der Waals surface area (Å²) in [4.78, 5) is 12.8. The van der Waals surface area contributed by atoms with Crippen LogP contribution < -0.4 is 10.1 Å². The van der Waals surface area contributed by atoms with E-state index in [0.29, 0.717) is 12.1 Å². The van der Waals surface area contributed by atoms with Crippen LogP contribution in [0.3, 0.4) is 0 Å². The van der Waals surface area contributed by atoms with Crippen LogP contribution in [0.1, 0.15) is 77.0 Å². The highest BCUT2D eigenvalue weighted by atomic mass is 16.5. The van der Waals surface area contributed by atoms with Crippen LogP contribution in [0.2, 0.25) is 0 Å². The maximum absolute atomic E-state index is 12.8. The number of rotatable bonds is 0. The number of hydrogen-bond donors (Lipinski definition) is 1. The predicted octanol–water partition coefficient (Wildman–Crippen LogP) is 3.02. The van der Waals surface area contributed by atoms with Gasteiger partial charge in [0.1, 0.15) is 5.60 Å². The van der Waals surface area contributed by atoms with E-state index >= 15 is 0 Å². The molecule has 2 aliphatic rings. The monoisotopic (exact) mass is 319 g/mol. The predicted molar refractivity (Wildman–Crippen MR) is 90.3 cm³/mol. The van der Waals surface area contributed by atoms with Crippen molar-refractivity contribution in [3.05, 3.63) is 11.4 Å². The summed E-state index contributed by atoms with van der Waals surface area (Å²) in [6.07, 6.45) is 2.21. The van der Waals surface area contributed by atoms with Gasteiger partial charge in [-0.2, -0.15) is 5.10 Å². The fraction of sp³-hybridized carbons (Fsp3) is 0.778. The first-order valence-corrected chi connectivity index (χ1v) is 8.60. The molecule has 1 aromatic heterocycles. The molecule has 1 aromatic rings. The van der Waals surface area contributed by atoms with Gasteiger partial charge in [-0.1, -0.05) is 20.8 Å². The van der Waals surface area contributed by atoms with Gasteiger partial charge in [0, 0.05) is 18.3 Å². The van der Waals surface area contributed by atoms with Gasteiger partial charge in [0.2, 0.25) is 0 Å². The Balaban J connectivity index is 2.16. The maximum Gasteiger partial charge on any atom is 0.190 e. The Bertz CT molecular complexity index is 626. The number of nitrogens with one attached hydrogen (secondary N) is 1. The molecule has 1 N–H and O–H groups in total. The highest BCUT2D eigenvalue weighted by molar-refractivity contribution is 5.99. The summed E-state index contributed by atoms with van der Waals surface area (Å²) in [5, 5.41) is 8.03. The first kappa shape index (κ1) is 16.5. The third-order valence-corrected chi connectivity index (χ3v) is 4.77. The van der Waals surface area contributed by atoms with Crippen molar-refractivity contribution in [1.29, 1.82) is 0 Å². The maximum atomic E-state index is 12.8. The first-order chi connectivity index (χ1) is 10.5. The Labute approximate surface area is 138 Å². The van der Waals surface area contributed by atoms with E-state index < -0.39 is 0 Å². The third kappa shape index (κ3) is 2.80. The van der Waals surface area contributed by atoms with Gasteiger partial charge in [-0.05, 0) is 33.9 Å². The van der Waals surface area contributed by atoms with Crippen LogP contribution in [0.25, 0.3) is 0 Å². The van der Waals surface area contributed by atoms with Crippen molar-refractivity contribution in [3.8, 4) is 5.75 Å². The minimum absolute atomic E-state index is 0.127. The quantitative estimate of drug-likeness (QED) is 0.798. The summed E-state index contributed by atoms with van der Waals surface area (Å²) in [5.41, 5.74) is 0.880. The topological polar surface area (TPSA) is 56.2 Å². The molecule has 0 unspecified atom stereocenters. The van der Waals surface area contributed by atoms with Crippen LogP contribution in [0.15, 0.2) is 0 Å². The molecule has 0 amide bonds. The van der Waals surface area contributed by atoms with Gasteiger partial charge in [0.05, 0.1) is 17.7 Å². The van der Waals surface area contributed by atoms with Crippen LogP contribution in [-0.4, -0.2) is 34.3 Å². The van der Waals surface area contributed by atoms with Gasteiger partial charge in [0.15, 0.2) is 17.2 Å². The van der Waals surface area contributed by atoms with Crippen LogP contribution in [0.5, 0.6) is 5.75 Å². The normalized spacial score (nSPS) is 21.2. The van der Waals surface area contributed by atoms with Crippen LogP contribution in [0, 0.1) is 0 Å². The van der Waals surface area contributed by atoms with Crippen LogP contribution in [0.4, 0.5) is 0 Å². The highest BCUT2D eigenvalue weighted by Gasteiger charge is 2.46. The summed E-state index contributed by atoms with van der Waals surface area (Å²) >= 11 is 0. The van der Waals surface area contributed by atoms with Gasteiger partial charge in [-0.15, -0.1) is 0 Å². The second kappa shape index (κ2) is 5.07. The number of piperidine rings is 1. The minimum Gasteiger partial charge on any atom is -0.482 e. The Kier molecular flexibility index (Phi) is 3.63. The number of hydrogen-bond acceptors (Lipinski definition) is 4. The highest BCUT2D eigenvalue weighted by Crippen LogP contribution is 2.44. The smallest absolute Gasteiger partial charge is 0.190 e. The molecule has 128 valence electrons. The van der Waals surface area contributed by atoms with Crippen molar-refractivity contribution in [1.82, 2.24) is 15.1 Å². The molecule has 2 aliphatic heterocycles. The molecule has 0 aliphatic carbocycles. The molecule has 0 atom stereocenters. The van der Waals surface area contributed by atoms with Crippen LogP contribution >= 0.6 is 0 Å².